The van der Waals surface area contributed by atoms with E-state index in [2.05, 4.69) is 6.58 Å². The average Bonchev–Trinajstić information content (AvgIpc) is 2.91. The van der Waals surface area contributed by atoms with Gasteiger partial charge >= 0.3 is 11.9 Å². The summed E-state index contributed by atoms with van der Waals surface area (Å²) in [5, 5.41) is 0. The van der Waals surface area contributed by atoms with Crippen LogP contribution in [0.5, 0.6) is 0 Å². The second-order valence-corrected chi connectivity index (χ2v) is 7.07. The van der Waals surface area contributed by atoms with Crippen LogP contribution in [-0.2, 0) is 23.8 Å². The Morgan fingerprint density at radius 2 is 2.00 bits per heavy atom. The average molecular weight is 326 g/mol. The Hall–Kier alpha value is -1.36. The van der Waals surface area contributed by atoms with Crippen molar-refractivity contribution in [1.29, 1.82) is 0 Å². The zero-order valence-corrected chi connectivity index (χ0v) is 14.8. The summed E-state index contributed by atoms with van der Waals surface area (Å²) in [6.45, 7) is 11.1. The molecule has 0 unspecified atom stereocenters. The largest absolute Gasteiger partial charge is 0.465 e. The van der Waals surface area contributed by atoms with Crippen molar-refractivity contribution in [2.75, 3.05) is 6.61 Å². The molecule has 1 heterocycles. The molecule has 1 fully saturated rings. The van der Waals surface area contributed by atoms with E-state index >= 15 is 0 Å². The molecule has 3 atom stereocenters. The third-order valence-corrected chi connectivity index (χ3v) is 3.81. The van der Waals surface area contributed by atoms with E-state index < -0.39 is 5.41 Å². The SMILES string of the molecule is C=C[C@H](OC(C)=O)[C@@H]1CC[C@@H](CCCCOC(=O)C(C)(C)C)O1. The molecule has 1 aliphatic heterocycles. The third kappa shape index (κ3) is 7.16. The van der Waals surface area contributed by atoms with Crippen LogP contribution in [0.4, 0.5) is 0 Å². The monoisotopic (exact) mass is 326 g/mol. The highest BCUT2D eigenvalue weighted by Crippen LogP contribution is 2.27. The van der Waals surface area contributed by atoms with Gasteiger partial charge in [0.15, 0.2) is 0 Å². The van der Waals surface area contributed by atoms with Crippen molar-refractivity contribution in [3.8, 4) is 0 Å². The van der Waals surface area contributed by atoms with Crippen molar-refractivity contribution in [1.82, 2.24) is 0 Å². The van der Waals surface area contributed by atoms with E-state index in [1.807, 2.05) is 20.8 Å². The van der Waals surface area contributed by atoms with Crippen LogP contribution >= 0.6 is 0 Å². The van der Waals surface area contributed by atoms with Gasteiger partial charge in [-0.05, 0) is 59.0 Å². The van der Waals surface area contributed by atoms with Crippen LogP contribution in [0.15, 0.2) is 12.7 Å². The summed E-state index contributed by atoms with van der Waals surface area (Å²) >= 11 is 0. The first-order valence-corrected chi connectivity index (χ1v) is 8.36. The van der Waals surface area contributed by atoms with Crippen LogP contribution in [0.2, 0.25) is 0 Å². The molecule has 0 aromatic rings. The second kappa shape index (κ2) is 9.06. The molecule has 0 aromatic heterocycles. The van der Waals surface area contributed by atoms with Gasteiger partial charge in [-0.25, -0.2) is 0 Å². The van der Waals surface area contributed by atoms with Gasteiger partial charge in [-0.15, -0.1) is 0 Å². The van der Waals surface area contributed by atoms with E-state index in [4.69, 9.17) is 14.2 Å². The molecule has 0 amide bonds. The van der Waals surface area contributed by atoms with E-state index in [9.17, 15) is 9.59 Å². The number of carbonyl (C=O) groups excluding carboxylic acids is 2. The quantitative estimate of drug-likeness (QED) is 0.388. The van der Waals surface area contributed by atoms with Gasteiger partial charge in [-0.3, -0.25) is 9.59 Å². The maximum absolute atomic E-state index is 11.6. The highest BCUT2D eigenvalue weighted by atomic mass is 16.6. The van der Waals surface area contributed by atoms with E-state index in [0.29, 0.717) is 6.61 Å². The van der Waals surface area contributed by atoms with E-state index in [1.165, 1.54) is 6.92 Å². The molecular formula is C18H30O5. The van der Waals surface area contributed by atoms with Gasteiger partial charge in [0, 0.05) is 6.92 Å². The molecule has 23 heavy (non-hydrogen) atoms. The lowest BCUT2D eigenvalue weighted by molar-refractivity contribution is -0.153. The minimum absolute atomic E-state index is 0.0971. The number of hydrogen-bond donors (Lipinski definition) is 0. The number of esters is 2. The zero-order chi connectivity index (χ0) is 17.5. The summed E-state index contributed by atoms with van der Waals surface area (Å²) in [4.78, 5) is 22.7. The molecule has 5 heteroatoms. The number of carbonyl (C=O) groups is 2. The van der Waals surface area contributed by atoms with Crippen molar-refractivity contribution in [2.24, 2.45) is 5.41 Å². The lowest BCUT2D eigenvalue weighted by atomic mass is 9.97. The molecule has 0 aliphatic carbocycles. The fourth-order valence-electron chi connectivity index (χ4n) is 2.51. The van der Waals surface area contributed by atoms with E-state index in [0.717, 1.165) is 32.1 Å². The van der Waals surface area contributed by atoms with Crippen LogP contribution in [0.25, 0.3) is 0 Å². The minimum atomic E-state index is -0.446. The fourth-order valence-corrected chi connectivity index (χ4v) is 2.51. The Kier molecular flexibility index (Phi) is 7.76. The van der Waals surface area contributed by atoms with Crippen molar-refractivity contribution >= 4 is 11.9 Å². The summed E-state index contributed by atoms with van der Waals surface area (Å²) in [6.07, 6.45) is 5.86. The number of rotatable bonds is 8. The van der Waals surface area contributed by atoms with Crippen LogP contribution < -0.4 is 0 Å². The lowest BCUT2D eigenvalue weighted by Crippen LogP contribution is -2.29. The topological polar surface area (TPSA) is 61.8 Å². The van der Waals surface area contributed by atoms with Crippen LogP contribution in [-0.4, -0.2) is 36.9 Å². The molecule has 1 saturated heterocycles. The van der Waals surface area contributed by atoms with Gasteiger partial charge in [0.2, 0.25) is 0 Å². The third-order valence-electron chi connectivity index (χ3n) is 3.81. The number of unbranched alkanes of at least 4 members (excludes halogenated alkanes) is 1. The van der Waals surface area contributed by atoms with Gasteiger partial charge in [0.1, 0.15) is 6.10 Å². The fraction of sp³-hybridized carbons (Fsp3) is 0.778. The van der Waals surface area contributed by atoms with Crippen LogP contribution in [0.3, 0.4) is 0 Å². The summed E-state index contributed by atoms with van der Waals surface area (Å²) in [5.74, 6) is -0.479. The van der Waals surface area contributed by atoms with Crippen LogP contribution in [0, 0.1) is 5.41 Å². The van der Waals surface area contributed by atoms with Gasteiger partial charge < -0.3 is 14.2 Å². The Bertz CT molecular complexity index is 410. The first-order valence-electron chi connectivity index (χ1n) is 8.36. The maximum atomic E-state index is 11.6. The van der Waals surface area contributed by atoms with Crippen molar-refractivity contribution < 1.29 is 23.8 Å². The van der Waals surface area contributed by atoms with Crippen molar-refractivity contribution in [3.63, 3.8) is 0 Å². The zero-order valence-electron chi connectivity index (χ0n) is 14.8. The molecular weight excluding hydrogens is 296 g/mol. The lowest BCUT2D eigenvalue weighted by Gasteiger charge is -2.20. The molecule has 0 saturated carbocycles. The Labute approximate surface area is 139 Å². The maximum Gasteiger partial charge on any atom is 0.311 e. The molecule has 1 rings (SSSR count). The first-order chi connectivity index (χ1) is 10.7. The minimum Gasteiger partial charge on any atom is -0.465 e. The Balaban J connectivity index is 2.19. The summed E-state index contributed by atoms with van der Waals surface area (Å²) in [6, 6.07) is 0. The number of ether oxygens (including phenoxy) is 3. The highest BCUT2D eigenvalue weighted by molar-refractivity contribution is 5.75. The second-order valence-electron chi connectivity index (χ2n) is 7.07. The summed E-state index contributed by atoms with van der Waals surface area (Å²) in [7, 11) is 0. The van der Waals surface area contributed by atoms with E-state index in [-0.39, 0.29) is 30.3 Å². The molecule has 0 N–H and O–H groups in total. The summed E-state index contributed by atoms with van der Waals surface area (Å²) in [5.41, 5.74) is -0.446. The molecule has 0 aromatic carbocycles. The smallest absolute Gasteiger partial charge is 0.311 e. The molecule has 0 bridgehead atoms. The predicted octanol–water partition coefficient (Wildman–Crippen LogP) is 3.41. The molecule has 0 spiro atoms. The van der Waals surface area contributed by atoms with Gasteiger partial charge in [0.25, 0.3) is 0 Å². The number of hydrogen-bond acceptors (Lipinski definition) is 5. The Morgan fingerprint density at radius 1 is 1.30 bits per heavy atom. The highest BCUT2D eigenvalue weighted by Gasteiger charge is 2.31. The van der Waals surface area contributed by atoms with Crippen LogP contribution in [0.1, 0.15) is 59.8 Å². The van der Waals surface area contributed by atoms with Crippen molar-refractivity contribution in [3.05, 3.63) is 12.7 Å². The van der Waals surface area contributed by atoms with Gasteiger partial charge in [-0.2, -0.15) is 0 Å². The summed E-state index contributed by atoms with van der Waals surface area (Å²) < 4.78 is 16.4. The van der Waals surface area contributed by atoms with Gasteiger partial charge in [-0.1, -0.05) is 6.58 Å². The molecule has 132 valence electrons. The molecule has 0 radical (unpaired) electrons. The standard InChI is InChI=1S/C18H30O5/c1-6-15(22-13(2)19)16-11-10-14(23-16)9-7-8-12-21-17(20)18(3,4)5/h6,14-16H,1,7-12H2,2-5H3/t14-,15+,16+/m1/s1. The van der Waals surface area contributed by atoms with Gasteiger partial charge in [0.05, 0.1) is 24.2 Å². The predicted molar refractivity (Wildman–Crippen MR) is 87.9 cm³/mol. The van der Waals surface area contributed by atoms with E-state index in [1.54, 1.807) is 6.08 Å². The molecule has 5 nitrogen and oxygen atoms in total. The Morgan fingerprint density at radius 3 is 2.57 bits per heavy atom. The first kappa shape index (κ1) is 19.7. The van der Waals surface area contributed by atoms with Crippen molar-refractivity contribution in [2.45, 2.75) is 78.1 Å². The normalized spacial score (nSPS) is 22.4. The molecule has 1 aliphatic rings.